The molecule has 1 N–H and O–H groups in total. The first kappa shape index (κ1) is 8.16. The van der Waals surface area contributed by atoms with Crippen molar-refractivity contribution in [3.8, 4) is 0 Å². The Hall–Kier alpha value is -0.940. The van der Waals surface area contributed by atoms with Crippen molar-refractivity contribution >= 4 is 16.5 Å². The standard InChI is InChI=1S/C6H9N3OS/c1-9(2)8-6-7-5(10)3-4-11-6/h3-4H,1-2H3,(H,7,8,10). The molecule has 11 heavy (non-hydrogen) atoms. The Morgan fingerprint density at radius 2 is 2.36 bits per heavy atom. The van der Waals surface area contributed by atoms with Crippen molar-refractivity contribution in [2.45, 2.75) is 0 Å². The molecule has 0 atom stereocenters. The van der Waals surface area contributed by atoms with Crippen LogP contribution in [0.25, 0.3) is 0 Å². The Morgan fingerprint density at radius 3 is 2.91 bits per heavy atom. The van der Waals surface area contributed by atoms with Gasteiger partial charge in [0.25, 0.3) is 5.56 Å². The Morgan fingerprint density at radius 1 is 1.64 bits per heavy atom. The number of hydrogen-bond acceptors (Lipinski definition) is 5. The summed E-state index contributed by atoms with van der Waals surface area (Å²) < 4.78 is 0. The second-order valence-electron chi connectivity index (χ2n) is 2.18. The van der Waals surface area contributed by atoms with Gasteiger partial charge in [-0.3, -0.25) is 10.2 Å². The van der Waals surface area contributed by atoms with E-state index in [1.807, 2.05) is 14.1 Å². The second-order valence-corrected chi connectivity index (χ2v) is 3.08. The van der Waals surface area contributed by atoms with E-state index < -0.39 is 0 Å². The van der Waals surface area contributed by atoms with Crippen LogP contribution in [0.1, 0.15) is 0 Å². The van der Waals surface area contributed by atoms with Crippen LogP contribution in [0.2, 0.25) is 0 Å². The lowest BCUT2D eigenvalue weighted by Gasteiger charge is -2.10. The van der Waals surface area contributed by atoms with Crippen LogP contribution in [0.3, 0.4) is 0 Å². The topological polar surface area (TPSA) is 45.2 Å². The van der Waals surface area contributed by atoms with E-state index in [-0.39, 0.29) is 5.56 Å². The van der Waals surface area contributed by atoms with Gasteiger partial charge in [0.1, 0.15) is 0 Å². The van der Waals surface area contributed by atoms with Crippen molar-refractivity contribution < 1.29 is 0 Å². The number of nitrogens with one attached hydrogen (secondary N) is 1. The van der Waals surface area contributed by atoms with Gasteiger partial charge in [0.05, 0.1) is 0 Å². The lowest BCUT2D eigenvalue weighted by atomic mass is 10.7. The van der Waals surface area contributed by atoms with E-state index in [2.05, 4.69) is 10.4 Å². The zero-order valence-corrected chi connectivity index (χ0v) is 7.18. The molecule has 0 saturated heterocycles. The highest BCUT2D eigenvalue weighted by Crippen LogP contribution is 2.05. The Bertz CT molecular complexity index is 283. The van der Waals surface area contributed by atoms with Gasteiger partial charge in [-0.05, 0) is 5.38 Å². The van der Waals surface area contributed by atoms with Crippen LogP contribution >= 0.6 is 11.3 Å². The lowest BCUT2D eigenvalue weighted by molar-refractivity contribution is 0.494. The van der Waals surface area contributed by atoms with Gasteiger partial charge in [-0.15, -0.1) is 11.3 Å². The summed E-state index contributed by atoms with van der Waals surface area (Å²) in [5, 5.41) is 4.06. The molecule has 5 heteroatoms. The van der Waals surface area contributed by atoms with Gasteiger partial charge in [0.2, 0.25) is 5.13 Å². The number of aromatic nitrogens is 1. The maximum Gasteiger partial charge on any atom is 0.273 e. The molecule has 0 saturated carbocycles. The van der Waals surface area contributed by atoms with E-state index in [9.17, 15) is 4.79 Å². The zero-order chi connectivity index (χ0) is 8.27. The molecule has 1 heterocycles. The maximum atomic E-state index is 10.7. The Labute approximate surface area is 68.5 Å². The molecular weight excluding hydrogens is 162 g/mol. The fourth-order valence-electron chi connectivity index (χ4n) is 0.563. The Balaban J connectivity index is 2.80. The average Bonchev–Trinajstić information content (AvgIpc) is 1.85. The van der Waals surface area contributed by atoms with E-state index in [4.69, 9.17) is 0 Å². The number of hydrogen-bond donors (Lipinski definition) is 1. The summed E-state index contributed by atoms with van der Waals surface area (Å²) in [4.78, 5) is 14.4. The largest absolute Gasteiger partial charge is 0.295 e. The first-order chi connectivity index (χ1) is 5.18. The molecule has 0 aliphatic heterocycles. The van der Waals surface area contributed by atoms with Crippen LogP contribution in [0.5, 0.6) is 0 Å². The summed E-state index contributed by atoms with van der Waals surface area (Å²) in [6.07, 6.45) is 0. The minimum absolute atomic E-state index is 0.215. The summed E-state index contributed by atoms with van der Waals surface area (Å²) in [7, 11) is 3.68. The van der Waals surface area contributed by atoms with Crippen molar-refractivity contribution in [1.29, 1.82) is 0 Å². The van der Waals surface area contributed by atoms with E-state index in [0.717, 1.165) is 0 Å². The van der Waals surface area contributed by atoms with Gasteiger partial charge in [-0.25, -0.2) is 5.01 Å². The minimum Gasteiger partial charge on any atom is -0.295 e. The summed E-state index contributed by atoms with van der Waals surface area (Å²) in [5.41, 5.74) is 2.67. The third-order valence-electron chi connectivity index (χ3n) is 0.921. The molecule has 1 rings (SSSR count). The predicted octanol–water partition coefficient (Wildman–Crippen LogP) is 0.392. The van der Waals surface area contributed by atoms with Gasteiger partial charge >= 0.3 is 0 Å². The zero-order valence-electron chi connectivity index (χ0n) is 6.37. The number of nitrogens with zero attached hydrogens (tertiary/aromatic N) is 2. The smallest absolute Gasteiger partial charge is 0.273 e. The van der Waals surface area contributed by atoms with Gasteiger partial charge < -0.3 is 0 Å². The molecule has 1 aromatic rings. The summed E-state index contributed by atoms with van der Waals surface area (Å²) in [5.74, 6) is 0. The quantitative estimate of drug-likeness (QED) is 0.654. The van der Waals surface area contributed by atoms with E-state index in [0.29, 0.717) is 5.13 Å². The van der Waals surface area contributed by atoms with Gasteiger partial charge in [-0.2, -0.15) is 4.98 Å². The maximum absolute atomic E-state index is 10.7. The molecule has 0 aliphatic rings. The molecule has 4 nitrogen and oxygen atoms in total. The SMILES string of the molecule is CN(C)Nc1nc(=O)ccs1. The predicted molar refractivity (Wildman–Crippen MR) is 45.7 cm³/mol. The first-order valence-electron chi connectivity index (χ1n) is 3.08. The molecule has 0 bridgehead atoms. The van der Waals surface area contributed by atoms with Crippen molar-refractivity contribution in [3.05, 3.63) is 21.8 Å². The highest BCUT2D eigenvalue weighted by molar-refractivity contribution is 7.13. The van der Waals surface area contributed by atoms with Crippen LogP contribution in [0.15, 0.2) is 16.2 Å². The third-order valence-corrected chi connectivity index (χ3v) is 1.60. The van der Waals surface area contributed by atoms with Crippen molar-refractivity contribution in [2.24, 2.45) is 0 Å². The molecule has 0 aromatic carbocycles. The van der Waals surface area contributed by atoms with E-state index >= 15 is 0 Å². The fourth-order valence-corrected chi connectivity index (χ4v) is 1.25. The van der Waals surface area contributed by atoms with E-state index in [1.54, 1.807) is 10.4 Å². The normalized spacial score (nSPS) is 10.1. The van der Waals surface area contributed by atoms with Crippen LogP contribution < -0.4 is 11.0 Å². The summed E-state index contributed by atoms with van der Waals surface area (Å²) >= 11 is 1.39. The summed E-state index contributed by atoms with van der Waals surface area (Å²) in [6.45, 7) is 0. The number of rotatable bonds is 2. The van der Waals surface area contributed by atoms with Gasteiger partial charge in [0, 0.05) is 20.2 Å². The molecule has 1 aromatic heterocycles. The van der Waals surface area contributed by atoms with E-state index in [1.165, 1.54) is 17.4 Å². The molecule has 0 aliphatic carbocycles. The highest BCUT2D eigenvalue weighted by Gasteiger charge is 1.94. The number of anilines is 1. The van der Waals surface area contributed by atoms with Gasteiger partial charge in [-0.1, -0.05) is 0 Å². The van der Waals surface area contributed by atoms with Crippen molar-refractivity contribution in [2.75, 3.05) is 19.5 Å². The fraction of sp³-hybridized carbons (Fsp3) is 0.333. The molecule has 0 radical (unpaired) electrons. The van der Waals surface area contributed by atoms with Crippen molar-refractivity contribution in [3.63, 3.8) is 0 Å². The molecule has 60 valence electrons. The third kappa shape index (κ3) is 2.65. The molecule has 0 spiro atoms. The van der Waals surface area contributed by atoms with Crippen LogP contribution in [0, 0.1) is 0 Å². The molecular formula is C6H9N3OS. The van der Waals surface area contributed by atoms with Gasteiger partial charge in [0.15, 0.2) is 0 Å². The Kier molecular flexibility index (Phi) is 2.56. The average molecular weight is 171 g/mol. The van der Waals surface area contributed by atoms with Crippen LogP contribution in [-0.2, 0) is 0 Å². The molecule has 0 unspecified atom stereocenters. The van der Waals surface area contributed by atoms with Crippen LogP contribution in [-0.4, -0.2) is 24.1 Å². The monoisotopic (exact) mass is 171 g/mol. The highest BCUT2D eigenvalue weighted by atomic mass is 32.1. The van der Waals surface area contributed by atoms with Crippen molar-refractivity contribution in [1.82, 2.24) is 9.99 Å². The lowest BCUT2D eigenvalue weighted by Crippen LogP contribution is -2.21. The minimum atomic E-state index is -0.215. The molecule has 0 fully saturated rings. The second kappa shape index (κ2) is 3.45. The summed E-state index contributed by atoms with van der Waals surface area (Å²) in [6, 6.07) is 1.44. The number of hydrazine groups is 1. The van der Waals surface area contributed by atoms with Crippen LogP contribution in [0.4, 0.5) is 5.13 Å². The molecule has 0 amide bonds. The first-order valence-corrected chi connectivity index (χ1v) is 3.96.